The van der Waals surface area contributed by atoms with Crippen LogP contribution in [0.4, 0.5) is 0 Å². The minimum Gasteiger partial charge on any atom is -0.361 e. The average Bonchev–Trinajstić information content (AvgIpc) is 3.04. The monoisotopic (exact) mass is 347 g/mol. The topological polar surface area (TPSA) is 106 Å². The lowest BCUT2D eigenvalue weighted by molar-refractivity contribution is -0.131. The fourth-order valence-electron chi connectivity index (χ4n) is 3.16. The van der Waals surface area contributed by atoms with Crippen molar-refractivity contribution in [2.24, 2.45) is 0 Å². The molecule has 0 radical (unpaired) electrons. The van der Waals surface area contributed by atoms with Crippen LogP contribution in [0.5, 0.6) is 0 Å². The molecule has 1 saturated heterocycles. The third-order valence-electron chi connectivity index (χ3n) is 4.43. The van der Waals surface area contributed by atoms with Gasteiger partial charge >= 0.3 is 0 Å². The van der Waals surface area contributed by atoms with E-state index in [1.807, 2.05) is 0 Å². The largest absolute Gasteiger partial charge is 0.361 e. The zero-order valence-corrected chi connectivity index (χ0v) is 14.8. The summed E-state index contributed by atoms with van der Waals surface area (Å²) in [4.78, 5) is 32.6. The molecule has 134 valence electrons. The molecule has 0 bridgehead atoms. The Morgan fingerprint density at radius 3 is 2.40 bits per heavy atom. The third kappa shape index (κ3) is 3.26. The Bertz CT molecular complexity index is 777. The Hall–Kier alpha value is -2.71. The van der Waals surface area contributed by atoms with Gasteiger partial charge in [0.05, 0.1) is 5.69 Å². The van der Waals surface area contributed by atoms with Crippen molar-refractivity contribution in [3.05, 3.63) is 28.7 Å². The molecule has 0 spiro atoms. The first kappa shape index (κ1) is 17.1. The number of carbonyl (C=O) groups excluding carboxylic acids is 2. The van der Waals surface area contributed by atoms with Crippen molar-refractivity contribution in [3.63, 3.8) is 0 Å². The molecule has 2 amide bonds. The minimum absolute atomic E-state index is 0.0903. The van der Waals surface area contributed by atoms with Crippen molar-refractivity contribution in [1.82, 2.24) is 25.1 Å². The highest BCUT2D eigenvalue weighted by molar-refractivity contribution is 5.96. The number of aryl methyl sites for hydroxylation is 3. The average molecular weight is 347 g/mol. The molecule has 0 aliphatic carbocycles. The third-order valence-corrected chi connectivity index (χ3v) is 4.43. The van der Waals surface area contributed by atoms with Crippen molar-refractivity contribution < 1.29 is 18.6 Å². The van der Waals surface area contributed by atoms with E-state index in [4.69, 9.17) is 9.05 Å². The van der Waals surface area contributed by atoms with Crippen LogP contribution in [-0.2, 0) is 4.79 Å². The lowest BCUT2D eigenvalue weighted by atomic mass is 10.1. The van der Waals surface area contributed by atoms with E-state index in [1.54, 1.807) is 30.6 Å². The summed E-state index contributed by atoms with van der Waals surface area (Å²) in [6.45, 7) is 7.99. The van der Waals surface area contributed by atoms with Gasteiger partial charge in [0.1, 0.15) is 17.4 Å². The molecule has 0 N–H and O–H groups in total. The number of nitrogens with zero attached hydrogens (tertiary/aromatic N) is 5. The number of aromatic nitrogens is 3. The molecule has 1 atom stereocenters. The van der Waals surface area contributed by atoms with E-state index in [1.165, 1.54) is 6.92 Å². The van der Waals surface area contributed by atoms with Crippen LogP contribution in [0.1, 0.15) is 52.9 Å². The van der Waals surface area contributed by atoms with Gasteiger partial charge in [0.2, 0.25) is 11.8 Å². The number of hydrogen-bond acceptors (Lipinski definition) is 7. The van der Waals surface area contributed by atoms with E-state index in [0.717, 1.165) is 0 Å². The fourth-order valence-corrected chi connectivity index (χ4v) is 3.16. The van der Waals surface area contributed by atoms with E-state index in [2.05, 4.69) is 15.3 Å². The van der Waals surface area contributed by atoms with E-state index in [-0.39, 0.29) is 17.9 Å². The quantitative estimate of drug-likeness (QED) is 0.809. The van der Waals surface area contributed by atoms with Gasteiger partial charge in [-0.05, 0) is 27.2 Å². The lowest BCUT2D eigenvalue weighted by Gasteiger charge is -2.25. The number of hydrogen-bond donors (Lipinski definition) is 0. The number of rotatable bonds is 2. The molecule has 3 rings (SSSR count). The molecule has 0 aromatic carbocycles. The summed E-state index contributed by atoms with van der Waals surface area (Å²) in [5.74, 6) is 1.19. The van der Waals surface area contributed by atoms with Crippen molar-refractivity contribution in [1.29, 1.82) is 0 Å². The molecule has 1 fully saturated rings. The van der Waals surface area contributed by atoms with Gasteiger partial charge in [-0.1, -0.05) is 10.3 Å². The summed E-state index contributed by atoms with van der Waals surface area (Å²) in [7, 11) is 0. The number of carbonyl (C=O) groups is 2. The highest BCUT2D eigenvalue weighted by Crippen LogP contribution is 2.27. The Balaban J connectivity index is 1.83. The highest BCUT2D eigenvalue weighted by atomic mass is 16.5. The Labute approximate surface area is 144 Å². The zero-order valence-electron chi connectivity index (χ0n) is 14.8. The van der Waals surface area contributed by atoms with Crippen LogP contribution in [0.2, 0.25) is 0 Å². The summed E-state index contributed by atoms with van der Waals surface area (Å²) in [5.41, 5.74) is 1.06. The molecule has 0 saturated carbocycles. The van der Waals surface area contributed by atoms with Crippen molar-refractivity contribution in [2.75, 3.05) is 19.6 Å². The smallest absolute Gasteiger partial charge is 0.259 e. The van der Waals surface area contributed by atoms with Crippen LogP contribution < -0.4 is 0 Å². The maximum absolute atomic E-state index is 12.9. The Morgan fingerprint density at radius 1 is 1.08 bits per heavy atom. The molecule has 2 aromatic heterocycles. The van der Waals surface area contributed by atoms with Crippen LogP contribution in [0.25, 0.3) is 0 Å². The van der Waals surface area contributed by atoms with Gasteiger partial charge in [0.25, 0.3) is 5.91 Å². The first-order valence-electron chi connectivity index (χ1n) is 8.18. The van der Waals surface area contributed by atoms with Gasteiger partial charge < -0.3 is 18.8 Å². The van der Waals surface area contributed by atoms with Crippen LogP contribution in [-0.4, -0.2) is 56.5 Å². The highest BCUT2D eigenvalue weighted by Gasteiger charge is 2.33. The summed E-state index contributed by atoms with van der Waals surface area (Å²) >= 11 is 0. The van der Waals surface area contributed by atoms with E-state index >= 15 is 0 Å². The molecule has 25 heavy (non-hydrogen) atoms. The Morgan fingerprint density at radius 2 is 1.84 bits per heavy atom. The van der Waals surface area contributed by atoms with Gasteiger partial charge in [-0.25, -0.2) is 0 Å². The standard InChI is InChI=1S/C16H21N5O4/c1-9-14(10(2)24-18-9)16(23)20-6-5-13(15-17-11(3)19-25-15)21(8-7-20)12(4)22/h13H,5-8H2,1-4H3. The van der Waals surface area contributed by atoms with Crippen LogP contribution in [0, 0.1) is 20.8 Å². The zero-order chi connectivity index (χ0) is 18.1. The van der Waals surface area contributed by atoms with Crippen molar-refractivity contribution in [2.45, 2.75) is 40.2 Å². The predicted molar refractivity (Wildman–Crippen MR) is 85.7 cm³/mol. The molecular weight excluding hydrogens is 326 g/mol. The van der Waals surface area contributed by atoms with Crippen molar-refractivity contribution in [3.8, 4) is 0 Å². The first-order chi connectivity index (χ1) is 11.9. The summed E-state index contributed by atoms with van der Waals surface area (Å²) in [6, 6.07) is -0.332. The SMILES string of the molecule is CC(=O)N1CCN(C(=O)c2c(C)noc2C)CCC1c1nc(C)no1. The second kappa shape index (κ2) is 6.66. The summed E-state index contributed by atoms with van der Waals surface area (Å²) < 4.78 is 10.4. The number of amides is 2. The maximum atomic E-state index is 12.9. The second-order valence-electron chi connectivity index (χ2n) is 6.19. The van der Waals surface area contributed by atoms with Crippen LogP contribution in [0.3, 0.4) is 0 Å². The van der Waals surface area contributed by atoms with Gasteiger partial charge in [-0.2, -0.15) is 4.98 Å². The first-order valence-corrected chi connectivity index (χ1v) is 8.18. The molecule has 2 aromatic rings. The van der Waals surface area contributed by atoms with Gasteiger partial charge in [-0.15, -0.1) is 0 Å². The van der Waals surface area contributed by atoms with Crippen LogP contribution in [0.15, 0.2) is 9.05 Å². The molecule has 3 heterocycles. The van der Waals surface area contributed by atoms with Gasteiger partial charge in [0, 0.05) is 26.6 Å². The lowest BCUT2D eigenvalue weighted by Crippen LogP contribution is -2.37. The summed E-state index contributed by atoms with van der Waals surface area (Å²) in [6.07, 6.45) is 0.524. The molecule has 9 heteroatoms. The Kier molecular flexibility index (Phi) is 4.56. The minimum atomic E-state index is -0.332. The molecular formula is C16H21N5O4. The molecule has 9 nitrogen and oxygen atoms in total. The van der Waals surface area contributed by atoms with E-state index in [9.17, 15) is 9.59 Å². The fraction of sp³-hybridized carbons (Fsp3) is 0.562. The van der Waals surface area contributed by atoms with Crippen LogP contribution >= 0.6 is 0 Å². The molecule has 1 aliphatic rings. The summed E-state index contributed by atoms with van der Waals surface area (Å²) in [5, 5.41) is 7.65. The van der Waals surface area contributed by atoms with E-state index < -0.39 is 0 Å². The predicted octanol–water partition coefficient (Wildman–Crippen LogP) is 1.42. The normalized spacial score (nSPS) is 18.3. The maximum Gasteiger partial charge on any atom is 0.259 e. The second-order valence-corrected chi connectivity index (χ2v) is 6.19. The van der Waals surface area contributed by atoms with Crippen molar-refractivity contribution >= 4 is 11.8 Å². The van der Waals surface area contributed by atoms with Gasteiger partial charge in [0.15, 0.2) is 5.82 Å². The molecule has 1 unspecified atom stereocenters. The molecule has 1 aliphatic heterocycles. The van der Waals surface area contributed by atoms with E-state index in [0.29, 0.717) is 54.8 Å². The van der Waals surface area contributed by atoms with Gasteiger partial charge in [-0.3, -0.25) is 9.59 Å².